The van der Waals surface area contributed by atoms with Crippen LogP contribution in [0.25, 0.3) is 11.0 Å². The number of nitrogens with zero attached hydrogens (tertiary/aromatic N) is 6. The van der Waals surface area contributed by atoms with Crippen LogP contribution in [0.4, 0.5) is 10.1 Å². The van der Waals surface area contributed by atoms with Crippen LogP contribution in [0.3, 0.4) is 0 Å². The fourth-order valence-electron chi connectivity index (χ4n) is 8.28. The predicted molar refractivity (Wildman–Crippen MR) is 207 cm³/mol. The summed E-state index contributed by atoms with van der Waals surface area (Å²) in [4.78, 5) is 71.7. The molecule has 3 aromatic carbocycles. The number of carbonyl (C=O) groups excluding carboxylic acids is 2. The molecule has 2 aliphatic heterocycles. The number of allylic oxidation sites excluding steroid dienone is 2. The lowest BCUT2D eigenvalue weighted by molar-refractivity contribution is -0.122. The summed E-state index contributed by atoms with van der Waals surface area (Å²) in [6.07, 6.45) is 1.10. The van der Waals surface area contributed by atoms with Gasteiger partial charge in [0.25, 0.3) is 17.4 Å². The van der Waals surface area contributed by atoms with Gasteiger partial charge in [0.15, 0.2) is 32.7 Å². The quantitative estimate of drug-likeness (QED) is 0.137. The van der Waals surface area contributed by atoms with E-state index in [0.29, 0.717) is 28.1 Å². The summed E-state index contributed by atoms with van der Waals surface area (Å²) in [5, 5.41) is 10.4. The van der Waals surface area contributed by atoms with Crippen LogP contribution in [-0.4, -0.2) is 71.5 Å². The van der Waals surface area contributed by atoms with E-state index in [9.17, 15) is 33.5 Å². The SMILES string of the molecule is COc1cc2nc(CCn3c(=O)n4n(c3=O)C3CC5(Cl)C(=O)N(c6ccc(F)cc6)C(=O)C5(Cl)C(c5cc(Cl)c(O)c(OC)c5)C3=CC4)c(=O)n(C)c2cc1OC. The van der Waals surface area contributed by atoms with E-state index in [0.717, 1.165) is 21.6 Å². The minimum atomic E-state index is -2.27. The molecule has 0 spiro atoms. The summed E-state index contributed by atoms with van der Waals surface area (Å²) in [5.74, 6) is -3.44. The standard InChI is InChI=1S/C38H32Cl3FN6O9/c1-44-25-16-28(56-3)27(55-2)15-24(25)43-23(32(44)50)10-11-45-35(53)46-12-9-21-26(48(46)36(45)54)17-37(40)33(51)47(20-7-5-19(42)6-8-20)34(52)38(37,41)30(21)18-13-22(39)31(49)29(14-18)57-4/h5-9,13-16,26,30,49H,10-12,17H2,1-4H3. The van der Waals surface area contributed by atoms with Gasteiger partial charge in [-0.1, -0.05) is 17.7 Å². The Bertz CT molecular complexity index is 2780. The Morgan fingerprint density at radius 2 is 1.58 bits per heavy atom. The number of phenols is 1. The van der Waals surface area contributed by atoms with Gasteiger partial charge in [0, 0.05) is 44.5 Å². The van der Waals surface area contributed by atoms with Crippen molar-refractivity contribution >= 4 is 63.3 Å². The first-order valence-electron chi connectivity index (χ1n) is 17.4. The largest absolute Gasteiger partial charge is 0.503 e. The molecule has 0 radical (unpaired) electrons. The third kappa shape index (κ3) is 5.37. The Balaban J connectivity index is 1.24. The highest BCUT2D eigenvalue weighted by atomic mass is 35.5. The molecule has 5 aromatic rings. The molecule has 2 aromatic heterocycles. The summed E-state index contributed by atoms with van der Waals surface area (Å²) in [7, 11) is 5.79. The molecule has 2 amide bonds. The zero-order valence-corrected chi connectivity index (χ0v) is 32.9. The van der Waals surface area contributed by atoms with Crippen molar-refractivity contribution in [2.45, 2.75) is 47.6 Å². The molecule has 19 heteroatoms. The van der Waals surface area contributed by atoms with E-state index in [4.69, 9.17) is 49.0 Å². The van der Waals surface area contributed by atoms with Gasteiger partial charge in [-0.05, 0) is 47.5 Å². The van der Waals surface area contributed by atoms with Crippen LogP contribution in [0.5, 0.6) is 23.0 Å². The maximum atomic E-state index is 14.6. The van der Waals surface area contributed by atoms with Crippen LogP contribution in [0, 0.1) is 5.82 Å². The van der Waals surface area contributed by atoms with E-state index in [1.54, 1.807) is 25.3 Å². The summed E-state index contributed by atoms with van der Waals surface area (Å²) in [6, 6.07) is 9.48. The fraction of sp³-hybridized carbons (Fsp3) is 0.316. The molecule has 2 fully saturated rings. The number of methoxy groups -OCH3 is 3. The lowest BCUT2D eigenvalue weighted by Crippen LogP contribution is -2.59. The number of ether oxygens (including phenoxy) is 3. The monoisotopic (exact) mass is 840 g/mol. The molecular weight excluding hydrogens is 810 g/mol. The maximum Gasteiger partial charge on any atom is 0.347 e. The number of aromatic hydroxyl groups is 1. The van der Waals surface area contributed by atoms with Crippen molar-refractivity contribution in [3.63, 3.8) is 0 Å². The van der Waals surface area contributed by atoms with Crippen molar-refractivity contribution < 1.29 is 33.3 Å². The summed E-state index contributed by atoms with van der Waals surface area (Å²) >= 11 is 21.2. The highest BCUT2D eigenvalue weighted by molar-refractivity contribution is 6.58. The first-order valence-corrected chi connectivity index (χ1v) is 18.6. The number of rotatable bonds is 8. The van der Waals surface area contributed by atoms with Gasteiger partial charge in [0.2, 0.25) is 0 Å². The van der Waals surface area contributed by atoms with Gasteiger partial charge in [-0.2, -0.15) is 0 Å². The molecule has 57 heavy (non-hydrogen) atoms. The second-order valence-electron chi connectivity index (χ2n) is 13.9. The van der Waals surface area contributed by atoms with Crippen LogP contribution in [-0.2, 0) is 36.1 Å². The Labute approximate surface area is 336 Å². The van der Waals surface area contributed by atoms with E-state index >= 15 is 0 Å². The Hall–Kier alpha value is -5.58. The molecule has 3 aliphatic rings. The van der Waals surface area contributed by atoms with E-state index in [1.807, 2.05) is 0 Å². The number of phenolic OH excluding ortho intramolecular Hbond substituents is 1. The molecule has 1 saturated carbocycles. The van der Waals surface area contributed by atoms with E-state index < -0.39 is 68.4 Å². The van der Waals surface area contributed by atoms with Crippen molar-refractivity contribution in [1.29, 1.82) is 0 Å². The number of alkyl halides is 2. The van der Waals surface area contributed by atoms with Crippen LogP contribution in [0.2, 0.25) is 5.02 Å². The molecule has 0 bridgehead atoms. The number of halogens is 4. The third-order valence-corrected chi connectivity index (χ3v) is 12.8. The van der Waals surface area contributed by atoms with Crippen molar-refractivity contribution in [3.05, 3.63) is 114 Å². The number of carbonyl (C=O) groups is 2. The Morgan fingerprint density at radius 1 is 0.912 bits per heavy atom. The van der Waals surface area contributed by atoms with Crippen molar-refractivity contribution in [2.24, 2.45) is 7.05 Å². The number of aryl methyl sites for hydroxylation is 2. The first-order chi connectivity index (χ1) is 27.1. The van der Waals surface area contributed by atoms with Gasteiger partial charge >= 0.3 is 11.4 Å². The van der Waals surface area contributed by atoms with Gasteiger partial charge in [0.05, 0.1) is 55.7 Å². The molecule has 8 rings (SSSR count). The Kier molecular flexibility index (Phi) is 9.09. The molecule has 4 unspecified atom stereocenters. The number of aromatic nitrogens is 5. The molecule has 1 N–H and O–H groups in total. The molecule has 4 heterocycles. The van der Waals surface area contributed by atoms with E-state index in [1.165, 1.54) is 59.5 Å². The van der Waals surface area contributed by atoms with E-state index in [-0.39, 0.29) is 47.2 Å². The smallest absolute Gasteiger partial charge is 0.347 e. The summed E-state index contributed by atoms with van der Waals surface area (Å²) < 4.78 is 34.8. The summed E-state index contributed by atoms with van der Waals surface area (Å²) in [5.41, 5.74) is -0.401. The van der Waals surface area contributed by atoms with Crippen molar-refractivity contribution in [3.8, 4) is 23.0 Å². The first kappa shape index (κ1) is 38.3. The van der Waals surface area contributed by atoms with Gasteiger partial charge in [0.1, 0.15) is 11.5 Å². The second-order valence-corrected chi connectivity index (χ2v) is 15.5. The molecule has 1 aliphatic carbocycles. The highest BCUT2D eigenvalue weighted by Gasteiger charge is 2.75. The molecular formula is C38H32Cl3FN6O9. The summed E-state index contributed by atoms with van der Waals surface area (Å²) in [6.45, 7) is -0.404. The zero-order valence-electron chi connectivity index (χ0n) is 30.6. The highest BCUT2D eigenvalue weighted by Crippen LogP contribution is 2.64. The van der Waals surface area contributed by atoms with Crippen molar-refractivity contribution in [2.75, 3.05) is 26.2 Å². The average molecular weight is 842 g/mol. The van der Waals surface area contributed by atoms with Crippen LogP contribution >= 0.6 is 34.8 Å². The van der Waals surface area contributed by atoms with Crippen molar-refractivity contribution in [1.82, 2.24) is 23.5 Å². The number of anilines is 1. The van der Waals surface area contributed by atoms with Gasteiger partial charge in [-0.25, -0.2) is 37.8 Å². The lowest BCUT2D eigenvalue weighted by Gasteiger charge is -2.49. The number of benzene rings is 3. The molecule has 4 atom stereocenters. The minimum Gasteiger partial charge on any atom is -0.503 e. The number of hydrogen-bond donors (Lipinski definition) is 1. The lowest BCUT2D eigenvalue weighted by atomic mass is 9.64. The number of hydrogen-bond acceptors (Lipinski definition) is 10. The topological polar surface area (TPSA) is 169 Å². The predicted octanol–water partition coefficient (Wildman–Crippen LogP) is 4.02. The van der Waals surface area contributed by atoms with Crippen LogP contribution < -0.4 is 36.0 Å². The molecule has 1 saturated heterocycles. The van der Waals surface area contributed by atoms with Gasteiger partial charge in [-0.3, -0.25) is 14.4 Å². The van der Waals surface area contributed by atoms with Gasteiger partial charge < -0.3 is 23.9 Å². The normalized spacial score (nSPS) is 22.6. The number of imide groups is 1. The Morgan fingerprint density at radius 3 is 2.25 bits per heavy atom. The average Bonchev–Trinajstić information content (AvgIpc) is 3.53. The fourth-order valence-corrected chi connectivity index (χ4v) is 9.41. The second kappa shape index (κ2) is 13.5. The zero-order chi connectivity index (χ0) is 40.9. The number of fused-ring (bicyclic) bond motifs is 5. The van der Waals surface area contributed by atoms with Crippen LogP contribution in [0.15, 0.2) is 74.6 Å². The number of amides is 2. The van der Waals surface area contributed by atoms with E-state index in [2.05, 4.69) is 4.98 Å². The molecule has 15 nitrogen and oxygen atoms in total. The maximum absolute atomic E-state index is 14.6. The van der Waals surface area contributed by atoms with Gasteiger partial charge in [-0.15, -0.1) is 23.2 Å². The van der Waals surface area contributed by atoms with Crippen LogP contribution in [0.1, 0.15) is 29.6 Å². The molecule has 296 valence electrons. The minimum absolute atomic E-state index is 0.00382. The third-order valence-electron chi connectivity index (χ3n) is 11.1.